The normalized spacial score (nSPS) is 10.0. The third kappa shape index (κ3) is 0.844. The van der Waals surface area contributed by atoms with Crippen LogP contribution in [0.1, 0.15) is 0 Å². The molecule has 2 aromatic rings. The lowest BCUT2D eigenvalue weighted by Gasteiger charge is -1.82. The van der Waals surface area contributed by atoms with Crippen LogP contribution < -0.4 is 0 Å². The lowest BCUT2D eigenvalue weighted by Crippen LogP contribution is -1.62. The first-order valence-corrected chi connectivity index (χ1v) is 3.72. The molecule has 0 N–H and O–H groups in total. The van der Waals surface area contributed by atoms with E-state index in [0.29, 0.717) is 0 Å². The molecule has 0 spiro atoms. The molecule has 0 aliphatic rings. The van der Waals surface area contributed by atoms with E-state index in [1.54, 1.807) is 12.5 Å². The molecular formula is C7H5NOS. The van der Waals surface area contributed by atoms with Crippen LogP contribution in [0.15, 0.2) is 34.6 Å². The lowest BCUT2D eigenvalue weighted by molar-refractivity contribution is 0.568. The van der Waals surface area contributed by atoms with Crippen LogP contribution >= 0.6 is 11.5 Å². The third-order valence-corrected chi connectivity index (χ3v) is 1.87. The summed E-state index contributed by atoms with van der Waals surface area (Å²) < 4.78 is 8.89. The Bertz CT molecular complexity index is 253. The van der Waals surface area contributed by atoms with Gasteiger partial charge in [-0.3, -0.25) is 0 Å². The Balaban J connectivity index is 2.48. The Labute approximate surface area is 62.3 Å². The zero-order chi connectivity index (χ0) is 6.81. The van der Waals surface area contributed by atoms with Crippen LogP contribution in [0.2, 0.25) is 0 Å². The number of nitrogens with zero attached hydrogens (tertiary/aromatic N) is 1. The second-order valence-electron chi connectivity index (χ2n) is 1.93. The Morgan fingerprint density at radius 2 is 2.40 bits per heavy atom. The highest BCUT2D eigenvalue weighted by Crippen LogP contribution is 2.19. The molecule has 0 radical (unpaired) electrons. The van der Waals surface area contributed by atoms with E-state index >= 15 is 0 Å². The van der Waals surface area contributed by atoms with Gasteiger partial charge in [-0.15, -0.1) is 0 Å². The Kier molecular flexibility index (Phi) is 1.29. The SMILES string of the molecule is c1cc(-c2cnsc2)co1. The highest BCUT2D eigenvalue weighted by atomic mass is 32.1. The fraction of sp³-hybridized carbons (Fsp3) is 0. The zero-order valence-electron chi connectivity index (χ0n) is 5.15. The van der Waals surface area contributed by atoms with E-state index in [-0.39, 0.29) is 0 Å². The largest absolute Gasteiger partial charge is 0.472 e. The van der Waals surface area contributed by atoms with Crippen molar-refractivity contribution in [2.24, 2.45) is 0 Å². The van der Waals surface area contributed by atoms with Crippen LogP contribution in [0.25, 0.3) is 11.1 Å². The minimum Gasteiger partial charge on any atom is -0.472 e. The van der Waals surface area contributed by atoms with E-state index in [1.807, 2.05) is 17.6 Å². The number of furan rings is 1. The van der Waals surface area contributed by atoms with Crippen molar-refractivity contribution in [3.05, 3.63) is 30.2 Å². The first-order valence-electron chi connectivity index (χ1n) is 2.89. The zero-order valence-corrected chi connectivity index (χ0v) is 5.97. The monoisotopic (exact) mass is 151 g/mol. The number of rotatable bonds is 1. The topological polar surface area (TPSA) is 26.0 Å². The number of hydrogen-bond acceptors (Lipinski definition) is 3. The third-order valence-electron chi connectivity index (χ3n) is 1.29. The van der Waals surface area contributed by atoms with Gasteiger partial charge in [0, 0.05) is 22.7 Å². The fourth-order valence-electron chi connectivity index (χ4n) is 0.776. The molecule has 2 nitrogen and oxygen atoms in total. The average molecular weight is 151 g/mol. The highest BCUT2D eigenvalue weighted by molar-refractivity contribution is 7.03. The van der Waals surface area contributed by atoms with Crippen molar-refractivity contribution in [3.8, 4) is 11.1 Å². The molecule has 2 heterocycles. The van der Waals surface area contributed by atoms with Gasteiger partial charge in [0.15, 0.2) is 0 Å². The second kappa shape index (κ2) is 2.27. The van der Waals surface area contributed by atoms with Crippen molar-refractivity contribution in [3.63, 3.8) is 0 Å². The van der Waals surface area contributed by atoms with Gasteiger partial charge in [-0.05, 0) is 17.6 Å². The first kappa shape index (κ1) is 5.68. The molecule has 2 aromatic heterocycles. The van der Waals surface area contributed by atoms with E-state index in [0.717, 1.165) is 11.1 Å². The van der Waals surface area contributed by atoms with Crippen molar-refractivity contribution in [1.82, 2.24) is 4.37 Å². The Morgan fingerprint density at radius 1 is 1.40 bits per heavy atom. The molecule has 0 unspecified atom stereocenters. The van der Waals surface area contributed by atoms with Crippen LogP contribution in [0, 0.1) is 0 Å². The maximum Gasteiger partial charge on any atom is 0.0981 e. The molecule has 0 saturated carbocycles. The fourth-order valence-corrected chi connectivity index (χ4v) is 1.32. The van der Waals surface area contributed by atoms with Gasteiger partial charge in [-0.2, -0.15) is 0 Å². The van der Waals surface area contributed by atoms with Gasteiger partial charge in [0.2, 0.25) is 0 Å². The molecule has 0 aliphatic heterocycles. The van der Waals surface area contributed by atoms with Crippen LogP contribution in [-0.4, -0.2) is 4.37 Å². The Hall–Kier alpha value is -1.09. The highest BCUT2D eigenvalue weighted by Gasteiger charge is 1.97. The molecule has 0 atom stereocenters. The Morgan fingerprint density at radius 3 is 3.00 bits per heavy atom. The smallest absolute Gasteiger partial charge is 0.0981 e. The van der Waals surface area contributed by atoms with Crippen LogP contribution in [0.5, 0.6) is 0 Å². The molecule has 0 bridgehead atoms. The van der Waals surface area contributed by atoms with Gasteiger partial charge in [0.25, 0.3) is 0 Å². The molecule has 0 saturated heterocycles. The predicted octanol–water partition coefficient (Wildman–Crippen LogP) is 2.40. The summed E-state index contributed by atoms with van der Waals surface area (Å²) >= 11 is 1.45. The minimum atomic E-state index is 1.09. The molecule has 0 aromatic carbocycles. The molecule has 0 fully saturated rings. The maximum atomic E-state index is 4.92. The summed E-state index contributed by atoms with van der Waals surface area (Å²) in [5, 5.41) is 1.99. The summed E-state index contributed by atoms with van der Waals surface area (Å²) in [4.78, 5) is 0. The summed E-state index contributed by atoms with van der Waals surface area (Å²) in [6, 6.07) is 1.92. The van der Waals surface area contributed by atoms with E-state index in [4.69, 9.17) is 4.42 Å². The molecular weight excluding hydrogens is 146 g/mol. The van der Waals surface area contributed by atoms with Crippen molar-refractivity contribution >= 4 is 11.5 Å². The van der Waals surface area contributed by atoms with Crippen molar-refractivity contribution in [2.45, 2.75) is 0 Å². The van der Waals surface area contributed by atoms with Crippen molar-refractivity contribution in [1.29, 1.82) is 0 Å². The predicted molar refractivity (Wildman–Crippen MR) is 39.8 cm³/mol. The lowest BCUT2D eigenvalue weighted by atomic mass is 10.2. The van der Waals surface area contributed by atoms with E-state index in [9.17, 15) is 0 Å². The summed E-state index contributed by atoms with van der Waals surface area (Å²) in [6.07, 6.45) is 5.20. The van der Waals surface area contributed by atoms with E-state index in [1.165, 1.54) is 11.5 Å². The molecule has 0 aliphatic carbocycles. The summed E-state index contributed by atoms with van der Waals surface area (Å²) in [5.41, 5.74) is 2.22. The first-order chi connectivity index (χ1) is 4.97. The van der Waals surface area contributed by atoms with Crippen LogP contribution in [0.3, 0.4) is 0 Å². The van der Waals surface area contributed by atoms with E-state index < -0.39 is 0 Å². The summed E-state index contributed by atoms with van der Waals surface area (Å²) in [6.45, 7) is 0. The molecule has 3 heteroatoms. The average Bonchev–Trinajstić information content (AvgIpc) is 2.59. The van der Waals surface area contributed by atoms with Crippen molar-refractivity contribution in [2.75, 3.05) is 0 Å². The van der Waals surface area contributed by atoms with Gasteiger partial charge >= 0.3 is 0 Å². The van der Waals surface area contributed by atoms with Crippen LogP contribution in [0.4, 0.5) is 0 Å². The minimum absolute atomic E-state index is 1.09. The van der Waals surface area contributed by atoms with Crippen molar-refractivity contribution < 1.29 is 4.42 Å². The van der Waals surface area contributed by atoms with Crippen LogP contribution in [-0.2, 0) is 0 Å². The van der Waals surface area contributed by atoms with E-state index in [2.05, 4.69) is 4.37 Å². The molecule has 2 rings (SSSR count). The van der Waals surface area contributed by atoms with Gasteiger partial charge < -0.3 is 4.42 Å². The van der Waals surface area contributed by atoms with Gasteiger partial charge in [0.1, 0.15) is 0 Å². The summed E-state index contributed by atoms with van der Waals surface area (Å²) in [7, 11) is 0. The molecule has 10 heavy (non-hydrogen) atoms. The number of hydrogen-bond donors (Lipinski definition) is 0. The maximum absolute atomic E-state index is 4.92. The standard InChI is InChI=1S/C7H5NOS/c1-2-9-4-6(1)7-3-8-10-5-7/h1-5H. The van der Waals surface area contributed by atoms with Gasteiger partial charge in [-0.25, -0.2) is 4.37 Å². The summed E-state index contributed by atoms with van der Waals surface area (Å²) in [5.74, 6) is 0. The molecule has 50 valence electrons. The van der Waals surface area contributed by atoms with Gasteiger partial charge in [-0.1, -0.05) is 0 Å². The molecule has 0 amide bonds. The number of aromatic nitrogens is 1. The van der Waals surface area contributed by atoms with Gasteiger partial charge in [0.05, 0.1) is 12.5 Å². The second-order valence-corrected chi connectivity index (χ2v) is 2.58. The quantitative estimate of drug-likeness (QED) is 0.625.